The van der Waals surface area contributed by atoms with Crippen LogP contribution < -0.4 is 0 Å². The predicted octanol–water partition coefficient (Wildman–Crippen LogP) is 5.06. The Balaban J connectivity index is 1.86. The molecule has 0 N–H and O–H groups in total. The highest BCUT2D eigenvalue weighted by Crippen LogP contribution is 2.42. The van der Waals surface area contributed by atoms with Gasteiger partial charge in [0.15, 0.2) is 0 Å². The van der Waals surface area contributed by atoms with Crippen molar-refractivity contribution in [3.8, 4) is 0 Å². The summed E-state index contributed by atoms with van der Waals surface area (Å²) in [6.45, 7) is 2.32. The van der Waals surface area contributed by atoms with Gasteiger partial charge in [0.2, 0.25) is 0 Å². The molecule has 0 bridgehead atoms. The van der Waals surface area contributed by atoms with E-state index < -0.39 is 0 Å². The van der Waals surface area contributed by atoms with Gasteiger partial charge in [-0.25, -0.2) is 0 Å². The van der Waals surface area contributed by atoms with Gasteiger partial charge in [-0.15, -0.1) is 23.5 Å². The van der Waals surface area contributed by atoms with Crippen molar-refractivity contribution in [1.29, 1.82) is 0 Å². The van der Waals surface area contributed by atoms with Crippen molar-refractivity contribution in [2.75, 3.05) is 11.5 Å². The van der Waals surface area contributed by atoms with Crippen molar-refractivity contribution in [3.05, 3.63) is 9.81 Å². The minimum Gasteiger partial charge on any atom is -0.119 e. The van der Waals surface area contributed by atoms with Crippen LogP contribution >= 0.6 is 23.5 Å². The first-order chi connectivity index (χ1) is 7.40. The third-order valence-electron chi connectivity index (χ3n) is 3.45. The van der Waals surface area contributed by atoms with Crippen LogP contribution in [0.4, 0.5) is 0 Å². The fourth-order valence-corrected chi connectivity index (χ4v) is 5.34. The lowest BCUT2D eigenvalue weighted by Gasteiger charge is -2.26. The van der Waals surface area contributed by atoms with Crippen molar-refractivity contribution in [3.63, 3.8) is 0 Å². The van der Waals surface area contributed by atoms with Crippen LogP contribution in [-0.2, 0) is 0 Å². The Morgan fingerprint density at radius 3 is 2.40 bits per heavy atom. The maximum absolute atomic E-state index is 2.32. The Morgan fingerprint density at radius 1 is 1.13 bits per heavy atom. The van der Waals surface area contributed by atoms with Crippen LogP contribution in [0.1, 0.15) is 51.9 Å². The number of allylic oxidation sites excluding steroid dienone is 1. The predicted molar refractivity (Wildman–Crippen MR) is 73.4 cm³/mol. The van der Waals surface area contributed by atoms with Crippen LogP contribution in [0.15, 0.2) is 9.81 Å². The van der Waals surface area contributed by atoms with Gasteiger partial charge in [0.25, 0.3) is 0 Å². The molecule has 1 aliphatic heterocycles. The van der Waals surface area contributed by atoms with Crippen molar-refractivity contribution in [2.45, 2.75) is 51.9 Å². The standard InChI is InChI=1S/C13H22S2/c1-2-4-11-5-7-12(8-6-11)13-14-9-3-10-15-13/h11H,2-10H2,1H3. The van der Waals surface area contributed by atoms with Gasteiger partial charge in [-0.1, -0.05) is 25.3 Å². The zero-order valence-electron chi connectivity index (χ0n) is 9.76. The fraction of sp³-hybridized carbons (Fsp3) is 0.846. The molecular weight excluding hydrogens is 220 g/mol. The van der Waals surface area contributed by atoms with Crippen LogP contribution in [0, 0.1) is 5.92 Å². The molecule has 1 aliphatic carbocycles. The van der Waals surface area contributed by atoms with Crippen LogP contribution in [0.2, 0.25) is 0 Å². The van der Waals surface area contributed by atoms with Gasteiger partial charge in [-0.3, -0.25) is 0 Å². The summed E-state index contributed by atoms with van der Waals surface area (Å²) < 4.78 is 1.70. The minimum absolute atomic E-state index is 1.04. The van der Waals surface area contributed by atoms with E-state index in [1.807, 2.05) is 0 Å². The first-order valence-electron chi connectivity index (χ1n) is 6.37. The van der Waals surface area contributed by atoms with Gasteiger partial charge in [-0.05, 0) is 49.5 Å². The second-order valence-electron chi connectivity index (χ2n) is 4.67. The molecule has 15 heavy (non-hydrogen) atoms. The topological polar surface area (TPSA) is 0 Å². The van der Waals surface area contributed by atoms with Crippen LogP contribution in [0.25, 0.3) is 0 Å². The monoisotopic (exact) mass is 242 g/mol. The van der Waals surface area contributed by atoms with E-state index in [2.05, 4.69) is 30.4 Å². The highest BCUT2D eigenvalue weighted by molar-refractivity contribution is 8.22. The Labute approximate surface area is 103 Å². The van der Waals surface area contributed by atoms with E-state index in [0.717, 1.165) is 5.92 Å². The third-order valence-corrected chi connectivity index (χ3v) is 6.24. The van der Waals surface area contributed by atoms with Gasteiger partial charge in [0, 0.05) is 4.24 Å². The highest BCUT2D eigenvalue weighted by Gasteiger charge is 2.20. The van der Waals surface area contributed by atoms with Gasteiger partial charge < -0.3 is 0 Å². The Bertz CT molecular complexity index is 215. The highest BCUT2D eigenvalue weighted by atomic mass is 32.2. The van der Waals surface area contributed by atoms with Crippen LogP contribution in [0.5, 0.6) is 0 Å². The Kier molecular flexibility index (Phi) is 4.96. The summed E-state index contributed by atoms with van der Waals surface area (Å²) >= 11 is 4.25. The van der Waals surface area contributed by atoms with Gasteiger partial charge in [0.1, 0.15) is 0 Å². The molecule has 0 radical (unpaired) electrons. The third kappa shape index (κ3) is 3.45. The molecule has 1 saturated carbocycles. The molecule has 2 aliphatic rings. The van der Waals surface area contributed by atoms with E-state index in [1.54, 1.807) is 9.81 Å². The summed E-state index contributed by atoms with van der Waals surface area (Å²) in [5.74, 6) is 3.77. The molecule has 0 aromatic carbocycles. The molecule has 2 rings (SSSR count). The summed E-state index contributed by atoms with van der Waals surface area (Å²) in [7, 11) is 0. The zero-order valence-corrected chi connectivity index (χ0v) is 11.4. The first kappa shape index (κ1) is 11.9. The fourth-order valence-electron chi connectivity index (χ4n) is 2.56. The molecule has 0 amide bonds. The molecule has 2 fully saturated rings. The van der Waals surface area contributed by atoms with E-state index in [9.17, 15) is 0 Å². The molecule has 0 spiro atoms. The van der Waals surface area contributed by atoms with Crippen molar-refractivity contribution >= 4 is 23.5 Å². The first-order valence-corrected chi connectivity index (χ1v) is 8.35. The average Bonchev–Trinajstić information content (AvgIpc) is 2.32. The van der Waals surface area contributed by atoms with Gasteiger partial charge in [0.05, 0.1) is 0 Å². The van der Waals surface area contributed by atoms with E-state index >= 15 is 0 Å². The average molecular weight is 242 g/mol. The summed E-state index contributed by atoms with van der Waals surface area (Å²) in [6.07, 6.45) is 9.98. The van der Waals surface area contributed by atoms with Crippen molar-refractivity contribution in [2.24, 2.45) is 5.92 Å². The zero-order chi connectivity index (χ0) is 10.5. The molecular formula is C13H22S2. The van der Waals surface area contributed by atoms with Crippen LogP contribution in [0.3, 0.4) is 0 Å². The number of thioether (sulfide) groups is 2. The molecule has 0 aromatic heterocycles. The minimum atomic E-state index is 1.04. The molecule has 0 atom stereocenters. The second kappa shape index (κ2) is 6.24. The second-order valence-corrected chi connectivity index (χ2v) is 7.14. The summed E-state index contributed by atoms with van der Waals surface area (Å²) in [5.41, 5.74) is 1.80. The molecule has 0 nitrogen and oxygen atoms in total. The summed E-state index contributed by atoms with van der Waals surface area (Å²) in [4.78, 5) is 0. The largest absolute Gasteiger partial charge is 0.119 e. The van der Waals surface area contributed by atoms with E-state index in [0.29, 0.717) is 0 Å². The van der Waals surface area contributed by atoms with Crippen molar-refractivity contribution < 1.29 is 0 Å². The number of hydrogen-bond donors (Lipinski definition) is 0. The summed E-state index contributed by atoms with van der Waals surface area (Å²) in [6, 6.07) is 0. The van der Waals surface area contributed by atoms with E-state index in [-0.39, 0.29) is 0 Å². The molecule has 1 heterocycles. The molecule has 0 aromatic rings. The quantitative estimate of drug-likeness (QED) is 0.664. The van der Waals surface area contributed by atoms with Gasteiger partial charge >= 0.3 is 0 Å². The molecule has 0 unspecified atom stereocenters. The van der Waals surface area contributed by atoms with Gasteiger partial charge in [-0.2, -0.15) is 0 Å². The van der Waals surface area contributed by atoms with E-state index in [4.69, 9.17) is 0 Å². The number of hydrogen-bond acceptors (Lipinski definition) is 2. The molecule has 86 valence electrons. The molecule has 2 heteroatoms. The van der Waals surface area contributed by atoms with E-state index in [1.165, 1.54) is 56.5 Å². The lowest BCUT2D eigenvalue weighted by Crippen LogP contribution is -2.09. The Hall–Kier alpha value is 0.440. The SMILES string of the molecule is CCCC1CCC(=C2SCCCS2)CC1. The lowest BCUT2D eigenvalue weighted by molar-refractivity contribution is 0.380. The molecule has 1 saturated heterocycles. The normalized spacial score (nSPS) is 28.2. The Morgan fingerprint density at radius 2 is 1.80 bits per heavy atom. The maximum atomic E-state index is 2.32. The summed E-state index contributed by atoms with van der Waals surface area (Å²) in [5, 5.41) is 0. The smallest absolute Gasteiger partial charge is 0.0392 e. The van der Waals surface area contributed by atoms with Crippen molar-refractivity contribution in [1.82, 2.24) is 0 Å². The maximum Gasteiger partial charge on any atom is 0.0392 e. The van der Waals surface area contributed by atoms with Crippen LogP contribution in [-0.4, -0.2) is 11.5 Å². The lowest BCUT2D eigenvalue weighted by atomic mass is 9.84. The number of rotatable bonds is 2.